The molecule has 1 saturated heterocycles. The molecule has 34 heavy (non-hydrogen) atoms. The normalized spacial score (nSPS) is 14.5. The van der Waals surface area contributed by atoms with Gasteiger partial charge < -0.3 is 14.8 Å². The van der Waals surface area contributed by atoms with Crippen molar-refractivity contribution in [2.45, 2.75) is 13.8 Å². The second-order valence-corrected chi connectivity index (χ2v) is 10.1. The first kappa shape index (κ1) is 22.2. The molecule has 0 atom stereocenters. The van der Waals surface area contributed by atoms with Gasteiger partial charge in [0.25, 0.3) is 5.91 Å². The van der Waals surface area contributed by atoms with Crippen LogP contribution in [0, 0.1) is 19.7 Å². The lowest BCUT2D eigenvalue weighted by molar-refractivity contribution is 0.0766. The maximum Gasteiger partial charge on any atom is 0.256 e. The number of hydrogen-bond acceptors (Lipinski definition) is 5. The van der Waals surface area contributed by atoms with E-state index in [1.165, 1.54) is 17.7 Å². The number of nitrogens with zero attached hydrogens (tertiary/aromatic N) is 4. The minimum absolute atomic E-state index is 0.0135. The number of nitrogens with one attached hydrogen (secondary N) is 1. The molecule has 174 valence electrons. The van der Waals surface area contributed by atoms with Gasteiger partial charge in [0.2, 0.25) is 5.95 Å². The monoisotopic (exact) mass is 477 g/mol. The topological polar surface area (TPSA) is 80.1 Å². The number of amides is 1. The zero-order chi connectivity index (χ0) is 23.8. The molecule has 0 spiro atoms. The van der Waals surface area contributed by atoms with Crippen molar-refractivity contribution in [3.8, 4) is 5.69 Å². The van der Waals surface area contributed by atoms with Crippen LogP contribution in [-0.4, -0.2) is 54.1 Å². The molecule has 1 amide bonds. The van der Waals surface area contributed by atoms with Gasteiger partial charge in [-0.2, -0.15) is 4.98 Å². The van der Waals surface area contributed by atoms with Crippen molar-refractivity contribution >= 4 is 39.4 Å². The van der Waals surface area contributed by atoms with Crippen LogP contribution in [0.3, 0.4) is 0 Å². The molecule has 0 unspecified atom stereocenters. The summed E-state index contributed by atoms with van der Waals surface area (Å²) in [6, 6.07) is 12.4. The Hall–Kier alpha value is -3.59. The van der Waals surface area contributed by atoms with E-state index in [1.807, 2.05) is 31.2 Å². The molecular formula is C25H24FN5O2S. The summed E-state index contributed by atoms with van der Waals surface area (Å²) in [7, 11) is -0.902. The van der Waals surface area contributed by atoms with E-state index in [-0.39, 0.29) is 11.5 Å². The first-order valence-electron chi connectivity index (χ1n) is 11.0. The third kappa shape index (κ3) is 4.31. The number of benzene rings is 2. The molecule has 9 heteroatoms. The Balaban J connectivity index is 1.43. The largest absolute Gasteiger partial charge is 0.337 e. The Morgan fingerprint density at radius 3 is 2.59 bits per heavy atom. The number of anilines is 2. The number of fused-ring (bicyclic) bond motifs is 1. The highest BCUT2D eigenvalue weighted by atomic mass is 32.2. The summed E-state index contributed by atoms with van der Waals surface area (Å²) >= 11 is 0. The predicted molar refractivity (Wildman–Crippen MR) is 132 cm³/mol. The molecule has 0 aliphatic carbocycles. The first-order chi connectivity index (χ1) is 16.4. The Morgan fingerprint density at radius 2 is 1.85 bits per heavy atom. The van der Waals surface area contributed by atoms with Gasteiger partial charge >= 0.3 is 0 Å². The van der Waals surface area contributed by atoms with Crippen LogP contribution in [0.4, 0.5) is 16.0 Å². The maximum absolute atomic E-state index is 15.0. The van der Waals surface area contributed by atoms with Gasteiger partial charge in [-0.15, -0.1) is 0 Å². The molecule has 0 saturated carbocycles. The molecule has 2 aromatic heterocycles. The van der Waals surface area contributed by atoms with Crippen LogP contribution in [-0.2, 0) is 10.8 Å². The Morgan fingerprint density at radius 1 is 1.06 bits per heavy atom. The molecule has 7 nitrogen and oxygen atoms in total. The minimum atomic E-state index is -0.902. The van der Waals surface area contributed by atoms with E-state index in [0.717, 1.165) is 16.6 Å². The number of carbonyl (C=O) groups excluding carboxylic acids is 1. The molecular weight excluding hydrogens is 453 g/mol. The van der Waals surface area contributed by atoms with Gasteiger partial charge in [-0.25, -0.2) is 9.37 Å². The number of halogens is 1. The number of rotatable bonds is 4. The standard InChI is InChI=1S/C25H24FN5O2S/c1-16-3-4-19(13-17(16)2)28-25-27-15-18-7-8-31(23(18)29-25)20-5-6-21(22(26)14-20)24(32)30-9-11-34(33)12-10-30/h3-8,13-15H,9-12H2,1-2H3,(H,27,28,29). The van der Waals surface area contributed by atoms with Gasteiger partial charge in [-0.1, -0.05) is 6.07 Å². The van der Waals surface area contributed by atoms with Crippen molar-refractivity contribution < 1.29 is 13.4 Å². The summed E-state index contributed by atoms with van der Waals surface area (Å²) in [5.41, 5.74) is 4.45. The van der Waals surface area contributed by atoms with E-state index in [2.05, 4.69) is 22.2 Å². The van der Waals surface area contributed by atoms with Gasteiger partial charge in [0.05, 0.1) is 5.56 Å². The summed E-state index contributed by atoms with van der Waals surface area (Å²) in [4.78, 5) is 23.3. The fraction of sp³-hybridized carbons (Fsp3) is 0.240. The van der Waals surface area contributed by atoms with E-state index < -0.39 is 16.6 Å². The fourth-order valence-electron chi connectivity index (χ4n) is 3.97. The van der Waals surface area contributed by atoms with Crippen LogP contribution in [0.25, 0.3) is 16.7 Å². The lowest BCUT2D eigenvalue weighted by Crippen LogP contribution is -2.42. The number of hydrogen-bond donors (Lipinski definition) is 1. The Labute approximate surface area is 199 Å². The molecule has 1 aliphatic rings. The second-order valence-electron chi connectivity index (χ2n) is 8.39. The van der Waals surface area contributed by atoms with Crippen molar-refractivity contribution in [2.75, 3.05) is 29.9 Å². The third-order valence-electron chi connectivity index (χ3n) is 6.12. The average Bonchev–Trinajstić information content (AvgIpc) is 3.25. The van der Waals surface area contributed by atoms with Crippen molar-refractivity contribution in [1.82, 2.24) is 19.4 Å². The first-order valence-corrected chi connectivity index (χ1v) is 12.5. The lowest BCUT2D eigenvalue weighted by atomic mass is 10.1. The lowest BCUT2D eigenvalue weighted by Gasteiger charge is -2.26. The maximum atomic E-state index is 15.0. The molecule has 5 rings (SSSR count). The van der Waals surface area contributed by atoms with E-state index in [1.54, 1.807) is 27.9 Å². The number of carbonyl (C=O) groups is 1. The molecule has 0 radical (unpaired) electrons. The summed E-state index contributed by atoms with van der Waals surface area (Å²) in [5, 5.41) is 4.04. The van der Waals surface area contributed by atoms with Crippen LogP contribution in [0.5, 0.6) is 0 Å². The zero-order valence-corrected chi connectivity index (χ0v) is 19.7. The second kappa shape index (κ2) is 8.98. The highest BCUT2D eigenvalue weighted by Gasteiger charge is 2.24. The molecule has 0 bridgehead atoms. The summed E-state index contributed by atoms with van der Waals surface area (Å²) in [5.74, 6) is 0.322. The molecule has 4 aromatic rings. The van der Waals surface area contributed by atoms with E-state index in [0.29, 0.717) is 41.9 Å². The number of aromatic nitrogens is 3. The van der Waals surface area contributed by atoms with Crippen molar-refractivity contribution in [1.29, 1.82) is 0 Å². The minimum Gasteiger partial charge on any atom is -0.337 e. The Kier molecular flexibility index (Phi) is 5.87. The van der Waals surface area contributed by atoms with Crippen LogP contribution in [0.2, 0.25) is 0 Å². The van der Waals surface area contributed by atoms with E-state index in [9.17, 15) is 13.4 Å². The van der Waals surface area contributed by atoms with E-state index >= 15 is 0 Å². The van der Waals surface area contributed by atoms with Crippen LogP contribution in [0.15, 0.2) is 54.9 Å². The van der Waals surface area contributed by atoms with Crippen molar-refractivity contribution in [2.24, 2.45) is 0 Å². The average molecular weight is 478 g/mol. The highest BCUT2D eigenvalue weighted by Crippen LogP contribution is 2.24. The van der Waals surface area contributed by atoms with Gasteiger partial charge in [-0.05, 0) is 61.4 Å². The van der Waals surface area contributed by atoms with Crippen LogP contribution >= 0.6 is 0 Å². The summed E-state index contributed by atoms with van der Waals surface area (Å²) < 4.78 is 28.3. The summed E-state index contributed by atoms with van der Waals surface area (Å²) in [6.45, 7) is 4.86. The highest BCUT2D eigenvalue weighted by molar-refractivity contribution is 7.85. The number of aryl methyl sites for hydroxylation is 2. The smallest absolute Gasteiger partial charge is 0.256 e. The third-order valence-corrected chi connectivity index (χ3v) is 7.39. The van der Waals surface area contributed by atoms with Crippen molar-refractivity contribution in [3.05, 3.63) is 77.4 Å². The molecule has 2 aromatic carbocycles. The predicted octanol–water partition coefficient (Wildman–Crippen LogP) is 4.12. The van der Waals surface area contributed by atoms with Gasteiger partial charge in [-0.3, -0.25) is 9.00 Å². The summed E-state index contributed by atoms with van der Waals surface area (Å²) in [6.07, 6.45) is 3.52. The zero-order valence-electron chi connectivity index (χ0n) is 18.9. The molecule has 1 aliphatic heterocycles. The van der Waals surface area contributed by atoms with Gasteiger partial charge in [0, 0.05) is 64.5 Å². The quantitative estimate of drug-likeness (QED) is 0.478. The van der Waals surface area contributed by atoms with Gasteiger partial charge in [0.15, 0.2) is 0 Å². The Bertz CT molecular complexity index is 1420. The fourth-order valence-corrected chi connectivity index (χ4v) is 5.03. The van der Waals surface area contributed by atoms with Crippen LogP contribution < -0.4 is 5.32 Å². The molecule has 3 heterocycles. The molecule has 1 fully saturated rings. The van der Waals surface area contributed by atoms with Crippen molar-refractivity contribution in [3.63, 3.8) is 0 Å². The SMILES string of the molecule is Cc1ccc(Nc2ncc3ccn(-c4ccc(C(=O)N5CCS(=O)CC5)c(F)c4)c3n2)cc1C. The van der Waals surface area contributed by atoms with Gasteiger partial charge in [0.1, 0.15) is 11.5 Å². The van der Waals surface area contributed by atoms with E-state index in [4.69, 9.17) is 0 Å². The van der Waals surface area contributed by atoms with Crippen LogP contribution in [0.1, 0.15) is 21.5 Å². The molecule has 1 N–H and O–H groups in total.